The van der Waals surface area contributed by atoms with Crippen LogP contribution in [-0.2, 0) is 4.79 Å². The van der Waals surface area contributed by atoms with Crippen molar-refractivity contribution in [2.45, 2.75) is 51.0 Å². The molecule has 1 saturated carbocycles. The maximum absolute atomic E-state index is 11.7. The second kappa shape index (κ2) is 5.11. The van der Waals surface area contributed by atoms with Crippen molar-refractivity contribution in [2.24, 2.45) is 5.73 Å². The standard InChI is InChI=1S/C15H22N2O/c1-15(2,16)14(18)17-13-9-7-12(8-10-13)11-5-3-4-6-11/h7-11H,3-6,16H2,1-2H3,(H,17,18). The Balaban J connectivity index is 2.01. The van der Waals surface area contributed by atoms with E-state index in [9.17, 15) is 4.79 Å². The lowest BCUT2D eigenvalue weighted by molar-refractivity contribution is -0.120. The van der Waals surface area contributed by atoms with Crippen LogP contribution < -0.4 is 11.1 Å². The van der Waals surface area contributed by atoms with Gasteiger partial charge in [0.15, 0.2) is 0 Å². The summed E-state index contributed by atoms with van der Waals surface area (Å²) in [4.78, 5) is 11.7. The Morgan fingerprint density at radius 3 is 2.28 bits per heavy atom. The lowest BCUT2D eigenvalue weighted by atomic mass is 9.97. The molecule has 2 rings (SSSR count). The molecule has 3 nitrogen and oxygen atoms in total. The van der Waals surface area contributed by atoms with E-state index in [0.717, 1.165) is 5.69 Å². The van der Waals surface area contributed by atoms with Gasteiger partial charge in [-0.25, -0.2) is 0 Å². The summed E-state index contributed by atoms with van der Waals surface area (Å²) in [5.74, 6) is 0.553. The van der Waals surface area contributed by atoms with E-state index < -0.39 is 5.54 Å². The van der Waals surface area contributed by atoms with Crippen molar-refractivity contribution in [2.75, 3.05) is 5.32 Å². The minimum atomic E-state index is -0.843. The van der Waals surface area contributed by atoms with Crippen LogP contribution in [0.1, 0.15) is 51.0 Å². The Bertz CT molecular complexity index is 411. The van der Waals surface area contributed by atoms with Gasteiger partial charge in [0.2, 0.25) is 5.91 Å². The van der Waals surface area contributed by atoms with E-state index in [-0.39, 0.29) is 5.91 Å². The normalized spacial score (nSPS) is 16.8. The molecular weight excluding hydrogens is 224 g/mol. The van der Waals surface area contributed by atoms with E-state index in [2.05, 4.69) is 17.4 Å². The van der Waals surface area contributed by atoms with Crippen LogP contribution in [0.25, 0.3) is 0 Å². The summed E-state index contributed by atoms with van der Waals surface area (Å²) >= 11 is 0. The topological polar surface area (TPSA) is 55.1 Å². The number of anilines is 1. The molecule has 1 aliphatic carbocycles. The molecule has 1 aromatic carbocycles. The average Bonchev–Trinajstić information content (AvgIpc) is 2.82. The fourth-order valence-corrected chi connectivity index (χ4v) is 2.39. The summed E-state index contributed by atoms with van der Waals surface area (Å²) in [6.45, 7) is 3.41. The molecule has 0 aliphatic heterocycles. The molecule has 0 atom stereocenters. The summed E-state index contributed by atoms with van der Waals surface area (Å²) in [7, 11) is 0. The molecule has 0 radical (unpaired) electrons. The number of nitrogens with one attached hydrogen (secondary N) is 1. The molecule has 0 unspecified atom stereocenters. The molecule has 0 heterocycles. The van der Waals surface area contributed by atoms with Crippen molar-refractivity contribution in [3.8, 4) is 0 Å². The predicted octanol–water partition coefficient (Wildman–Crippen LogP) is 3.02. The SMILES string of the molecule is CC(C)(N)C(=O)Nc1ccc(C2CCCC2)cc1. The zero-order valence-corrected chi connectivity index (χ0v) is 11.2. The minimum absolute atomic E-state index is 0.156. The van der Waals surface area contributed by atoms with Crippen LogP contribution in [-0.4, -0.2) is 11.4 Å². The van der Waals surface area contributed by atoms with Crippen LogP contribution in [0.3, 0.4) is 0 Å². The lowest BCUT2D eigenvalue weighted by Gasteiger charge is -2.18. The number of benzene rings is 1. The Hall–Kier alpha value is -1.35. The van der Waals surface area contributed by atoms with E-state index in [0.29, 0.717) is 5.92 Å². The van der Waals surface area contributed by atoms with Gasteiger partial charge >= 0.3 is 0 Å². The first kappa shape index (κ1) is 13.1. The molecule has 0 bridgehead atoms. The highest BCUT2D eigenvalue weighted by Crippen LogP contribution is 2.34. The summed E-state index contributed by atoms with van der Waals surface area (Å²) in [6, 6.07) is 8.18. The van der Waals surface area contributed by atoms with Crippen molar-refractivity contribution in [3.05, 3.63) is 29.8 Å². The largest absolute Gasteiger partial charge is 0.325 e. The summed E-state index contributed by atoms with van der Waals surface area (Å²) in [5.41, 5.74) is 7.11. The van der Waals surface area contributed by atoms with Gasteiger partial charge in [0.1, 0.15) is 0 Å². The molecule has 18 heavy (non-hydrogen) atoms. The van der Waals surface area contributed by atoms with E-state index in [1.54, 1.807) is 13.8 Å². The quantitative estimate of drug-likeness (QED) is 0.861. The molecule has 1 amide bonds. The summed E-state index contributed by atoms with van der Waals surface area (Å²) in [5, 5.41) is 2.84. The Kier molecular flexibility index (Phi) is 3.71. The second-order valence-electron chi connectivity index (χ2n) is 5.78. The minimum Gasteiger partial charge on any atom is -0.325 e. The smallest absolute Gasteiger partial charge is 0.243 e. The second-order valence-corrected chi connectivity index (χ2v) is 5.78. The fourth-order valence-electron chi connectivity index (χ4n) is 2.39. The first-order chi connectivity index (χ1) is 8.47. The fraction of sp³-hybridized carbons (Fsp3) is 0.533. The van der Waals surface area contributed by atoms with Gasteiger partial charge in [-0.15, -0.1) is 0 Å². The highest BCUT2D eigenvalue weighted by molar-refractivity contribution is 5.97. The predicted molar refractivity (Wildman–Crippen MR) is 74.5 cm³/mol. The van der Waals surface area contributed by atoms with E-state index in [1.165, 1.54) is 31.2 Å². The molecule has 3 heteroatoms. The monoisotopic (exact) mass is 246 g/mol. The number of amides is 1. The van der Waals surface area contributed by atoms with Gasteiger partial charge in [-0.3, -0.25) is 4.79 Å². The van der Waals surface area contributed by atoms with E-state index in [1.807, 2.05) is 12.1 Å². The number of nitrogens with two attached hydrogens (primary N) is 1. The van der Waals surface area contributed by atoms with Crippen LogP contribution >= 0.6 is 0 Å². The zero-order chi connectivity index (χ0) is 13.2. The van der Waals surface area contributed by atoms with Gasteiger partial charge in [0.05, 0.1) is 5.54 Å². The van der Waals surface area contributed by atoms with Crippen molar-refractivity contribution >= 4 is 11.6 Å². The van der Waals surface area contributed by atoms with Crippen LogP contribution in [0.2, 0.25) is 0 Å². The van der Waals surface area contributed by atoms with Crippen LogP contribution in [0.15, 0.2) is 24.3 Å². The number of carbonyl (C=O) groups excluding carboxylic acids is 1. The molecule has 0 aromatic heterocycles. The Labute approximate surface area is 109 Å². The Morgan fingerprint density at radius 1 is 1.22 bits per heavy atom. The van der Waals surface area contributed by atoms with E-state index in [4.69, 9.17) is 5.73 Å². The molecule has 0 spiro atoms. The zero-order valence-electron chi connectivity index (χ0n) is 11.2. The number of hydrogen-bond acceptors (Lipinski definition) is 2. The third-order valence-corrected chi connectivity index (χ3v) is 3.58. The molecule has 3 N–H and O–H groups in total. The molecule has 1 aromatic rings. The van der Waals surface area contributed by atoms with Gasteiger partial charge in [-0.05, 0) is 50.3 Å². The van der Waals surface area contributed by atoms with Gasteiger partial charge in [-0.1, -0.05) is 25.0 Å². The molecule has 0 saturated heterocycles. The maximum Gasteiger partial charge on any atom is 0.243 e. The number of rotatable bonds is 3. The third-order valence-electron chi connectivity index (χ3n) is 3.58. The van der Waals surface area contributed by atoms with Gasteiger partial charge in [0.25, 0.3) is 0 Å². The lowest BCUT2D eigenvalue weighted by Crippen LogP contribution is -2.45. The van der Waals surface area contributed by atoms with Crippen LogP contribution in [0.5, 0.6) is 0 Å². The molecule has 98 valence electrons. The van der Waals surface area contributed by atoms with Gasteiger partial charge in [0, 0.05) is 5.69 Å². The highest BCUT2D eigenvalue weighted by atomic mass is 16.2. The summed E-state index contributed by atoms with van der Waals surface area (Å²) in [6.07, 6.45) is 5.26. The van der Waals surface area contributed by atoms with Gasteiger partial charge < -0.3 is 11.1 Å². The number of hydrogen-bond donors (Lipinski definition) is 2. The van der Waals surface area contributed by atoms with Crippen LogP contribution in [0.4, 0.5) is 5.69 Å². The molecule has 1 fully saturated rings. The molecular formula is C15H22N2O. The maximum atomic E-state index is 11.7. The summed E-state index contributed by atoms with van der Waals surface area (Å²) < 4.78 is 0. The molecule has 1 aliphatic rings. The van der Waals surface area contributed by atoms with Gasteiger partial charge in [-0.2, -0.15) is 0 Å². The van der Waals surface area contributed by atoms with Crippen molar-refractivity contribution in [3.63, 3.8) is 0 Å². The van der Waals surface area contributed by atoms with Crippen molar-refractivity contribution < 1.29 is 4.79 Å². The highest BCUT2D eigenvalue weighted by Gasteiger charge is 2.22. The first-order valence-corrected chi connectivity index (χ1v) is 6.67. The Morgan fingerprint density at radius 2 is 1.78 bits per heavy atom. The number of carbonyl (C=O) groups is 1. The van der Waals surface area contributed by atoms with Crippen molar-refractivity contribution in [1.82, 2.24) is 0 Å². The van der Waals surface area contributed by atoms with Crippen LogP contribution in [0, 0.1) is 0 Å². The van der Waals surface area contributed by atoms with E-state index >= 15 is 0 Å². The van der Waals surface area contributed by atoms with Crippen molar-refractivity contribution in [1.29, 1.82) is 0 Å². The third kappa shape index (κ3) is 3.10. The average molecular weight is 246 g/mol. The first-order valence-electron chi connectivity index (χ1n) is 6.67.